The zero-order chi connectivity index (χ0) is 15.2. The first-order valence-electron chi connectivity index (χ1n) is 6.57. The van der Waals surface area contributed by atoms with Crippen molar-refractivity contribution in [2.24, 2.45) is 0 Å². The van der Waals surface area contributed by atoms with Crippen LogP contribution in [0.2, 0.25) is 0 Å². The number of aliphatic hydroxyl groups is 1. The maximum Gasteiger partial charge on any atom is 0.187 e. The zero-order valence-corrected chi connectivity index (χ0v) is 13.2. The SMILES string of the molecule is C[C@H](O)c1cccc(N/C=C/C(=O)c2cccc(Br)c2)c1. The average molecular weight is 346 g/mol. The van der Waals surface area contributed by atoms with Gasteiger partial charge in [-0.3, -0.25) is 4.79 Å². The third-order valence-electron chi connectivity index (χ3n) is 2.96. The van der Waals surface area contributed by atoms with Crippen LogP contribution < -0.4 is 5.32 Å². The second-order valence-electron chi connectivity index (χ2n) is 4.65. The van der Waals surface area contributed by atoms with E-state index in [1.807, 2.05) is 36.4 Å². The molecule has 0 radical (unpaired) electrons. The second-order valence-corrected chi connectivity index (χ2v) is 5.57. The van der Waals surface area contributed by atoms with E-state index in [-0.39, 0.29) is 5.78 Å². The largest absolute Gasteiger partial charge is 0.389 e. The number of anilines is 1. The summed E-state index contributed by atoms with van der Waals surface area (Å²) in [7, 11) is 0. The third-order valence-corrected chi connectivity index (χ3v) is 3.46. The van der Waals surface area contributed by atoms with Crippen molar-refractivity contribution in [3.8, 4) is 0 Å². The van der Waals surface area contributed by atoms with Crippen molar-refractivity contribution in [3.63, 3.8) is 0 Å². The molecular formula is C17H16BrNO2. The van der Waals surface area contributed by atoms with E-state index in [0.717, 1.165) is 15.7 Å². The van der Waals surface area contributed by atoms with E-state index in [4.69, 9.17) is 0 Å². The van der Waals surface area contributed by atoms with Gasteiger partial charge in [0.15, 0.2) is 5.78 Å². The summed E-state index contributed by atoms with van der Waals surface area (Å²) >= 11 is 3.34. The molecule has 3 nitrogen and oxygen atoms in total. The summed E-state index contributed by atoms with van der Waals surface area (Å²) in [6.45, 7) is 1.71. The van der Waals surface area contributed by atoms with Gasteiger partial charge >= 0.3 is 0 Å². The monoisotopic (exact) mass is 345 g/mol. The van der Waals surface area contributed by atoms with Crippen molar-refractivity contribution in [3.05, 3.63) is 76.4 Å². The Labute approximate surface area is 132 Å². The minimum atomic E-state index is -0.515. The molecule has 0 amide bonds. The number of rotatable bonds is 5. The van der Waals surface area contributed by atoms with Crippen LogP contribution in [0, 0.1) is 0 Å². The Morgan fingerprint density at radius 1 is 1.24 bits per heavy atom. The zero-order valence-electron chi connectivity index (χ0n) is 11.6. The van der Waals surface area contributed by atoms with Crippen LogP contribution in [0.5, 0.6) is 0 Å². The molecule has 0 unspecified atom stereocenters. The molecule has 0 aliphatic heterocycles. The van der Waals surface area contributed by atoms with Gasteiger partial charge in [0.1, 0.15) is 0 Å². The highest BCUT2D eigenvalue weighted by Gasteiger charge is 2.02. The average Bonchev–Trinajstić information content (AvgIpc) is 2.47. The van der Waals surface area contributed by atoms with Gasteiger partial charge < -0.3 is 10.4 Å². The summed E-state index contributed by atoms with van der Waals surface area (Å²) in [4.78, 5) is 12.0. The standard InChI is InChI=1S/C17H16BrNO2/c1-12(20)13-4-3-7-16(11-13)19-9-8-17(21)14-5-2-6-15(18)10-14/h2-12,19-20H,1H3/b9-8+/t12-/m0/s1. The molecule has 2 aromatic carbocycles. The maximum absolute atomic E-state index is 12.0. The molecule has 1 atom stereocenters. The number of hydrogen-bond donors (Lipinski definition) is 2. The molecule has 2 rings (SSSR count). The van der Waals surface area contributed by atoms with Crippen LogP contribution in [0.25, 0.3) is 0 Å². The van der Waals surface area contributed by atoms with Gasteiger partial charge in [0.25, 0.3) is 0 Å². The number of carbonyl (C=O) groups excluding carboxylic acids is 1. The van der Waals surface area contributed by atoms with Crippen LogP contribution in [-0.4, -0.2) is 10.9 Å². The van der Waals surface area contributed by atoms with Crippen molar-refractivity contribution >= 4 is 27.4 Å². The first-order valence-corrected chi connectivity index (χ1v) is 7.36. The number of benzene rings is 2. The summed E-state index contributed by atoms with van der Waals surface area (Å²) < 4.78 is 0.874. The van der Waals surface area contributed by atoms with Crippen LogP contribution in [0.15, 0.2) is 65.3 Å². The molecule has 0 aliphatic rings. The summed E-state index contributed by atoms with van der Waals surface area (Å²) in [6, 6.07) is 14.7. The highest BCUT2D eigenvalue weighted by atomic mass is 79.9. The van der Waals surface area contributed by atoms with Crippen LogP contribution in [0.3, 0.4) is 0 Å². The number of nitrogens with one attached hydrogen (secondary N) is 1. The predicted molar refractivity (Wildman–Crippen MR) is 88.3 cm³/mol. The molecule has 108 valence electrons. The minimum absolute atomic E-state index is 0.0736. The molecule has 4 heteroatoms. The summed E-state index contributed by atoms with van der Waals surface area (Å²) in [5.41, 5.74) is 2.28. The molecule has 0 aromatic heterocycles. The fourth-order valence-electron chi connectivity index (χ4n) is 1.84. The van der Waals surface area contributed by atoms with E-state index in [9.17, 15) is 9.90 Å². The number of aliphatic hydroxyl groups excluding tert-OH is 1. The highest BCUT2D eigenvalue weighted by molar-refractivity contribution is 9.10. The van der Waals surface area contributed by atoms with E-state index in [0.29, 0.717) is 5.56 Å². The predicted octanol–water partition coefficient (Wildman–Crippen LogP) is 4.31. The van der Waals surface area contributed by atoms with E-state index < -0.39 is 6.10 Å². The van der Waals surface area contributed by atoms with Crippen molar-refractivity contribution in [1.82, 2.24) is 0 Å². The van der Waals surface area contributed by atoms with Gasteiger partial charge in [-0.2, -0.15) is 0 Å². The fourth-order valence-corrected chi connectivity index (χ4v) is 2.24. The second kappa shape index (κ2) is 7.20. The van der Waals surface area contributed by atoms with Gasteiger partial charge in [0.05, 0.1) is 6.10 Å². The number of allylic oxidation sites excluding steroid dienone is 1. The van der Waals surface area contributed by atoms with Gasteiger partial charge in [-0.25, -0.2) is 0 Å². The lowest BCUT2D eigenvalue weighted by atomic mass is 10.1. The van der Waals surface area contributed by atoms with Gasteiger partial charge in [-0.05, 0) is 36.8 Å². The van der Waals surface area contributed by atoms with Crippen molar-refractivity contribution in [1.29, 1.82) is 0 Å². The number of carbonyl (C=O) groups is 1. The minimum Gasteiger partial charge on any atom is -0.389 e. The van der Waals surface area contributed by atoms with Crippen LogP contribution >= 0.6 is 15.9 Å². The smallest absolute Gasteiger partial charge is 0.187 e. The Bertz CT molecular complexity index is 665. The Hall–Kier alpha value is -1.91. The highest BCUT2D eigenvalue weighted by Crippen LogP contribution is 2.17. The number of ketones is 1. The lowest BCUT2D eigenvalue weighted by Crippen LogP contribution is -1.97. The normalized spacial score (nSPS) is 12.3. The molecule has 0 saturated carbocycles. The van der Waals surface area contributed by atoms with E-state index in [1.54, 1.807) is 25.3 Å². The third kappa shape index (κ3) is 4.55. The Morgan fingerprint density at radius 3 is 2.71 bits per heavy atom. The van der Waals surface area contributed by atoms with Crippen LogP contribution in [-0.2, 0) is 0 Å². The summed E-state index contributed by atoms with van der Waals surface area (Å²) in [5.74, 6) is -0.0736. The Balaban J connectivity index is 2.02. The van der Waals surface area contributed by atoms with E-state index in [2.05, 4.69) is 21.2 Å². The molecular weight excluding hydrogens is 330 g/mol. The molecule has 0 fully saturated rings. The molecule has 0 heterocycles. The molecule has 0 spiro atoms. The van der Waals surface area contributed by atoms with Crippen molar-refractivity contribution in [2.75, 3.05) is 5.32 Å². The van der Waals surface area contributed by atoms with Gasteiger partial charge in [-0.1, -0.05) is 40.2 Å². The van der Waals surface area contributed by atoms with Crippen LogP contribution in [0.4, 0.5) is 5.69 Å². The van der Waals surface area contributed by atoms with Crippen molar-refractivity contribution < 1.29 is 9.90 Å². The molecule has 2 aromatic rings. The lowest BCUT2D eigenvalue weighted by Gasteiger charge is -2.07. The van der Waals surface area contributed by atoms with Gasteiger partial charge in [0.2, 0.25) is 0 Å². The number of halogens is 1. The topological polar surface area (TPSA) is 49.3 Å². The molecule has 0 aliphatic carbocycles. The van der Waals surface area contributed by atoms with Gasteiger partial charge in [0, 0.05) is 28.0 Å². The summed E-state index contributed by atoms with van der Waals surface area (Å²) in [6.07, 6.45) is 2.57. The molecule has 0 saturated heterocycles. The Kier molecular flexibility index (Phi) is 5.31. The van der Waals surface area contributed by atoms with E-state index in [1.165, 1.54) is 6.08 Å². The maximum atomic E-state index is 12.0. The fraction of sp³-hybridized carbons (Fsp3) is 0.118. The summed E-state index contributed by atoms with van der Waals surface area (Å²) in [5, 5.41) is 12.6. The molecule has 0 bridgehead atoms. The number of hydrogen-bond acceptors (Lipinski definition) is 3. The van der Waals surface area contributed by atoms with Gasteiger partial charge in [-0.15, -0.1) is 0 Å². The molecule has 2 N–H and O–H groups in total. The quantitative estimate of drug-likeness (QED) is 0.627. The van der Waals surface area contributed by atoms with Crippen molar-refractivity contribution in [2.45, 2.75) is 13.0 Å². The molecule has 21 heavy (non-hydrogen) atoms. The lowest BCUT2D eigenvalue weighted by molar-refractivity contribution is 0.104. The van der Waals surface area contributed by atoms with E-state index >= 15 is 0 Å². The van der Waals surface area contributed by atoms with Crippen LogP contribution in [0.1, 0.15) is 28.9 Å². The first-order chi connectivity index (χ1) is 10.1. The first kappa shape index (κ1) is 15.5. The Morgan fingerprint density at radius 2 is 2.00 bits per heavy atom.